The van der Waals surface area contributed by atoms with E-state index in [1.807, 2.05) is 0 Å². The van der Waals surface area contributed by atoms with Crippen LogP contribution in [0, 0.1) is 5.82 Å². The van der Waals surface area contributed by atoms with Gasteiger partial charge in [-0.1, -0.05) is 12.1 Å². The average molecular weight is 284 g/mol. The van der Waals surface area contributed by atoms with Crippen molar-refractivity contribution < 1.29 is 14.0 Å². The van der Waals surface area contributed by atoms with Crippen LogP contribution in [0.1, 0.15) is 26.3 Å². The summed E-state index contributed by atoms with van der Waals surface area (Å²) in [7, 11) is 0. The van der Waals surface area contributed by atoms with Crippen LogP contribution >= 0.6 is 0 Å². The lowest BCUT2D eigenvalue weighted by Crippen LogP contribution is -2.31. The van der Waals surface area contributed by atoms with Crippen LogP contribution in [0.25, 0.3) is 0 Å². The predicted octanol–water partition coefficient (Wildman–Crippen LogP) is 2.25. The zero-order valence-corrected chi connectivity index (χ0v) is 11.2. The second-order valence-electron chi connectivity index (χ2n) is 4.95. The number of rotatable bonds is 3. The maximum Gasteiger partial charge on any atom is 0.261 e. The smallest absolute Gasteiger partial charge is 0.261 e. The van der Waals surface area contributed by atoms with E-state index in [4.69, 9.17) is 5.73 Å². The van der Waals surface area contributed by atoms with E-state index in [-0.39, 0.29) is 24.2 Å². The molecule has 0 spiro atoms. The van der Waals surface area contributed by atoms with Crippen LogP contribution in [0.15, 0.2) is 42.5 Å². The molecule has 0 bridgehead atoms. The van der Waals surface area contributed by atoms with E-state index < -0.39 is 0 Å². The van der Waals surface area contributed by atoms with Crippen molar-refractivity contribution in [2.75, 3.05) is 12.3 Å². The molecule has 1 aliphatic rings. The first-order chi connectivity index (χ1) is 10.1. The van der Waals surface area contributed by atoms with Crippen molar-refractivity contribution in [2.24, 2.45) is 0 Å². The number of halogens is 1. The van der Waals surface area contributed by atoms with Gasteiger partial charge in [-0.25, -0.2) is 4.39 Å². The van der Waals surface area contributed by atoms with Crippen LogP contribution in [0.3, 0.4) is 0 Å². The molecular weight excluding hydrogens is 271 g/mol. The number of carbonyl (C=O) groups excluding carboxylic acids is 2. The van der Waals surface area contributed by atoms with Gasteiger partial charge in [0.05, 0.1) is 11.1 Å². The van der Waals surface area contributed by atoms with Gasteiger partial charge in [0.15, 0.2) is 0 Å². The maximum absolute atomic E-state index is 13.1. The van der Waals surface area contributed by atoms with Gasteiger partial charge in [-0.15, -0.1) is 0 Å². The van der Waals surface area contributed by atoms with E-state index in [0.29, 0.717) is 23.2 Å². The fraction of sp³-hybridized carbons (Fsp3) is 0.125. The highest BCUT2D eigenvalue weighted by Crippen LogP contribution is 2.25. The second-order valence-corrected chi connectivity index (χ2v) is 4.95. The second kappa shape index (κ2) is 5.01. The molecule has 0 aromatic heterocycles. The third kappa shape index (κ3) is 2.38. The van der Waals surface area contributed by atoms with Crippen molar-refractivity contribution >= 4 is 17.5 Å². The Morgan fingerprint density at radius 1 is 1.00 bits per heavy atom. The Kier molecular flexibility index (Phi) is 3.17. The first-order valence-electron chi connectivity index (χ1n) is 6.56. The van der Waals surface area contributed by atoms with Gasteiger partial charge >= 0.3 is 0 Å². The summed E-state index contributed by atoms with van der Waals surface area (Å²) < 4.78 is 13.1. The highest BCUT2D eigenvalue weighted by Gasteiger charge is 2.35. The molecule has 2 amide bonds. The molecule has 0 radical (unpaired) electrons. The fourth-order valence-corrected chi connectivity index (χ4v) is 2.44. The molecule has 2 aromatic carbocycles. The number of amides is 2. The predicted molar refractivity (Wildman–Crippen MR) is 76.3 cm³/mol. The quantitative estimate of drug-likeness (QED) is 0.694. The standard InChI is InChI=1S/C16H13FN2O2/c17-11-3-1-2-10(8-11)6-7-19-15(20)13-5-4-12(18)9-14(13)16(19)21/h1-5,8-9H,6-7,18H2. The third-order valence-electron chi connectivity index (χ3n) is 3.51. The number of nitrogens with two attached hydrogens (primary N) is 1. The van der Waals surface area contributed by atoms with E-state index in [1.165, 1.54) is 23.1 Å². The molecule has 0 unspecified atom stereocenters. The Balaban J connectivity index is 1.79. The van der Waals surface area contributed by atoms with Crippen molar-refractivity contribution in [2.45, 2.75) is 6.42 Å². The van der Waals surface area contributed by atoms with Crippen molar-refractivity contribution in [3.05, 3.63) is 65.0 Å². The summed E-state index contributed by atoms with van der Waals surface area (Å²) in [5.41, 5.74) is 7.53. The summed E-state index contributed by atoms with van der Waals surface area (Å²) >= 11 is 0. The van der Waals surface area contributed by atoms with Crippen LogP contribution < -0.4 is 5.73 Å². The molecule has 1 heterocycles. The number of fused-ring (bicyclic) bond motifs is 1. The molecule has 0 saturated carbocycles. The molecular formula is C16H13FN2O2. The molecule has 2 aromatic rings. The van der Waals surface area contributed by atoms with Crippen LogP contribution in [-0.4, -0.2) is 23.3 Å². The summed E-state index contributed by atoms with van der Waals surface area (Å²) in [5, 5.41) is 0. The van der Waals surface area contributed by atoms with E-state index in [1.54, 1.807) is 24.3 Å². The van der Waals surface area contributed by atoms with E-state index >= 15 is 0 Å². The topological polar surface area (TPSA) is 63.4 Å². The van der Waals surface area contributed by atoms with Crippen molar-refractivity contribution in [1.82, 2.24) is 4.90 Å². The minimum Gasteiger partial charge on any atom is -0.399 e. The largest absolute Gasteiger partial charge is 0.399 e. The molecule has 1 aliphatic heterocycles. The SMILES string of the molecule is Nc1ccc2c(c1)C(=O)N(CCc1cccc(F)c1)C2=O. The van der Waals surface area contributed by atoms with Gasteiger partial charge in [0.1, 0.15) is 5.82 Å². The van der Waals surface area contributed by atoms with Crippen LogP contribution in [-0.2, 0) is 6.42 Å². The maximum atomic E-state index is 13.1. The van der Waals surface area contributed by atoms with Gasteiger partial charge in [-0.3, -0.25) is 14.5 Å². The Morgan fingerprint density at radius 2 is 1.76 bits per heavy atom. The molecule has 106 valence electrons. The zero-order chi connectivity index (χ0) is 15.0. The first kappa shape index (κ1) is 13.3. The van der Waals surface area contributed by atoms with Gasteiger partial charge in [0.25, 0.3) is 11.8 Å². The van der Waals surface area contributed by atoms with E-state index in [0.717, 1.165) is 5.56 Å². The number of nitrogen functional groups attached to an aromatic ring is 1. The summed E-state index contributed by atoms with van der Waals surface area (Å²) in [6, 6.07) is 10.8. The van der Waals surface area contributed by atoms with Crippen LogP contribution in [0.4, 0.5) is 10.1 Å². The van der Waals surface area contributed by atoms with Crippen LogP contribution in [0.5, 0.6) is 0 Å². The Morgan fingerprint density at radius 3 is 2.52 bits per heavy atom. The van der Waals surface area contributed by atoms with Crippen molar-refractivity contribution in [3.63, 3.8) is 0 Å². The number of anilines is 1. The molecule has 0 fully saturated rings. The molecule has 5 heteroatoms. The lowest BCUT2D eigenvalue weighted by Gasteiger charge is -2.13. The van der Waals surface area contributed by atoms with E-state index in [9.17, 15) is 14.0 Å². The summed E-state index contributed by atoms with van der Waals surface area (Å²) in [4.78, 5) is 25.6. The first-order valence-corrected chi connectivity index (χ1v) is 6.56. The van der Waals surface area contributed by atoms with E-state index in [2.05, 4.69) is 0 Å². The van der Waals surface area contributed by atoms with Gasteiger partial charge in [-0.05, 0) is 42.3 Å². The Labute approximate surface area is 121 Å². The number of benzene rings is 2. The van der Waals surface area contributed by atoms with Gasteiger partial charge < -0.3 is 5.73 Å². The van der Waals surface area contributed by atoms with Crippen LogP contribution in [0.2, 0.25) is 0 Å². The molecule has 0 atom stereocenters. The van der Waals surface area contributed by atoms with Crippen molar-refractivity contribution in [3.8, 4) is 0 Å². The minimum atomic E-state index is -0.348. The molecule has 0 aliphatic carbocycles. The van der Waals surface area contributed by atoms with Crippen molar-refractivity contribution in [1.29, 1.82) is 0 Å². The fourth-order valence-electron chi connectivity index (χ4n) is 2.44. The van der Waals surface area contributed by atoms with Gasteiger partial charge in [0.2, 0.25) is 0 Å². The lowest BCUT2D eigenvalue weighted by atomic mass is 10.1. The number of imide groups is 1. The highest BCUT2D eigenvalue weighted by atomic mass is 19.1. The minimum absolute atomic E-state index is 0.218. The number of nitrogens with zero attached hydrogens (tertiary/aromatic N) is 1. The molecule has 4 nitrogen and oxygen atoms in total. The number of hydrogen-bond acceptors (Lipinski definition) is 3. The lowest BCUT2D eigenvalue weighted by molar-refractivity contribution is 0.0656. The number of hydrogen-bond donors (Lipinski definition) is 1. The highest BCUT2D eigenvalue weighted by molar-refractivity contribution is 6.21. The monoisotopic (exact) mass is 284 g/mol. The summed E-state index contributed by atoms with van der Waals surface area (Å²) in [6.07, 6.45) is 0.415. The zero-order valence-electron chi connectivity index (χ0n) is 11.2. The van der Waals surface area contributed by atoms with Gasteiger partial charge in [0, 0.05) is 12.2 Å². The molecule has 2 N–H and O–H groups in total. The average Bonchev–Trinajstić information content (AvgIpc) is 2.69. The Hall–Kier alpha value is -2.69. The normalized spacial score (nSPS) is 13.7. The third-order valence-corrected chi connectivity index (χ3v) is 3.51. The molecule has 0 saturated heterocycles. The summed E-state index contributed by atoms with van der Waals surface area (Å²) in [5.74, 6) is -1.01. The number of carbonyl (C=O) groups is 2. The van der Waals surface area contributed by atoms with Gasteiger partial charge in [-0.2, -0.15) is 0 Å². The molecule has 21 heavy (non-hydrogen) atoms. The Bertz CT molecular complexity index is 743. The summed E-state index contributed by atoms with van der Waals surface area (Å²) in [6.45, 7) is 0.218. The molecule has 3 rings (SSSR count).